The fourth-order valence-electron chi connectivity index (χ4n) is 10.8. The van der Waals surface area contributed by atoms with Crippen LogP contribution in [0.15, 0.2) is 170 Å². The second-order valence-electron chi connectivity index (χ2n) is 27.6. The number of carbonyl (C=O) groups is 4. The SMILES string of the molecule is CC/C=C\C/C=C\C/C=C\C/C=C\CCCCCCCCC(=O)OCC(COP(=O)(O)OCC(O)COP(=O)(O)OCC(COC(=O)CCCCCCCC/C=C\C/C=C\C/C=C\CCCCC)OC(=O)CCCCCCC/C=C\C/C=C\C/C=C\CC)OC(=O)CCCCCC/C=C\C/C=C\C/C=C\C/C=C\CC. The summed E-state index contributed by atoms with van der Waals surface area (Å²) in [7, 11) is -10.0. The standard InChI is InChI=1S/C91H150O17P2/c1-5-9-13-17-21-25-29-33-37-40-42-45-48-51-55-59-63-67-71-75-88(93)101-81-86(107-90(95)77-73-69-65-61-57-53-47-36-32-28-24-20-16-12-8-4)83-105-109(97,98)103-79-85(92)80-104-110(99,100)106-84-87(108-91(96)78-74-70-66-62-58-54-50-44-39-35-31-27-23-19-15-11-7-3)82-102-89(94)76-72-68-64-60-56-52-49-46-43-41-38-34-30-26-22-18-14-10-6-2/h10-12,14-16,21-28,33-39,42-43,45-47,50,54,85-87,92H,5-9,13,17-20,29-32,40-41,44,48-49,51-53,55-84H2,1-4H3,(H,97,98)(H,99,100)/b14-10-,15-11-,16-12-,25-21-,26-22-,27-23-,28-24-,37-33-,38-34-,39-35-,45-42-,46-43-,47-36-,54-50-. The third-order valence-electron chi connectivity index (χ3n) is 17.2. The fourth-order valence-corrected chi connectivity index (χ4v) is 12.4. The van der Waals surface area contributed by atoms with Crippen LogP contribution in [0.4, 0.5) is 0 Å². The largest absolute Gasteiger partial charge is 0.472 e. The number of phosphoric acid groups is 2. The van der Waals surface area contributed by atoms with E-state index >= 15 is 0 Å². The molecule has 0 aliphatic rings. The van der Waals surface area contributed by atoms with E-state index in [4.69, 9.17) is 37.0 Å². The topological polar surface area (TPSA) is 237 Å². The van der Waals surface area contributed by atoms with Gasteiger partial charge in [-0.05, 0) is 173 Å². The molecule has 0 aromatic rings. The van der Waals surface area contributed by atoms with Gasteiger partial charge in [0.2, 0.25) is 0 Å². The lowest BCUT2D eigenvalue weighted by Gasteiger charge is -2.21. The Morgan fingerprint density at radius 3 is 0.727 bits per heavy atom. The summed E-state index contributed by atoms with van der Waals surface area (Å²) >= 11 is 0. The molecule has 0 rings (SSSR count). The predicted molar refractivity (Wildman–Crippen MR) is 454 cm³/mol. The van der Waals surface area contributed by atoms with Gasteiger partial charge in [-0.1, -0.05) is 294 Å². The number of hydrogen-bond acceptors (Lipinski definition) is 15. The van der Waals surface area contributed by atoms with E-state index in [1.807, 2.05) is 0 Å². The molecule has 0 aromatic heterocycles. The number of ether oxygens (including phenoxy) is 4. The normalized spacial score (nSPS) is 14.6. The summed E-state index contributed by atoms with van der Waals surface area (Å²) < 4.78 is 68.8. The zero-order valence-corrected chi connectivity index (χ0v) is 70.4. The van der Waals surface area contributed by atoms with Gasteiger partial charge in [-0.2, -0.15) is 0 Å². The van der Waals surface area contributed by atoms with Crippen molar-refractivity contribution in [3.05, 3.63) is 170 Å². The Kier molecular flexibility index (Phi) is 77.3. The number of rotatable bonds is 78. The van der Waals surface area contributed by atoms with Crippen LogP contribution in [0.5, 0.6) is 0 Å². The van der Waals surface area contributed by atoms with E-state index in [2.05, 4.69) is 198 Å². The van der Waals surface area contributed by atoms with Gasteiger partial charge in [-0.25, -0.2) is 9.13 Å². The number of phosphoric ester groups is 2. The third-order valence-corrected chi connectivity index (χ3v) is 19.1. The Bertz CT molecular complexity index is 2750. The van der Waals surface area contributed by atoms with E-state index in [1.165, 1.54) is 19.3 Å². The molecular formula is C91H150O17P2. The highest BCUT2D eigenvalue weighted by Crippen LogP contribution is 2.45. The van der Waals surface area contributed by atoms with Gasteiger partial charge in [0.05, 0.1) is 26.4 Å². The average molecular weight is 1580 g/mol. The molecule has 0 aliphatic carbocycles. The zero-order valence-electron chi connectivity index (χ0n) is 68.6. The Morgan fingerprint density at radius 1 is 0.264 bits per heavy atom. The number of allylic oxidation sites excluding steroid dienone is 28. The molecule has 0 radical (unpaired) electrons. The maximum absolute atomic E-state index is 13.1. The molecule has 0 heterocycles. The fraction of sp³-hybridized carbons (Fsp3) is 0.648. The van der Waals surface area contributed by atoms with Crippen LogP contribution in [0.25, 0.3) is 0 Å². The van der Waals surface area contributed by atoms with Crippen molar-refractivity contribution in [2.24, 2.45) is 0 Å². The Labute approximate surface area is 667 Å². The molecule has 0 aromatic carbocycles. The highest BCUT2D eigenvalue weighted by atomic mass is 31.2. The summed E-state index contributed by atoms with van der Waals surface area (Å²) in [5, 5.41) is 10.7. The molecule has 0 saturated heterocycles. The number of aliphatic hydroxyl groups excluding tert-OH is 1. The van der Waals surface area contributed by atoms with Crippen molar-refractivity contribution in [2.45, 2.75) is 341 Å². The molecule has 19 heteroatoms. The molecule has 5 atom stereocenters. The van der Waals surface area contributed by atoms with Gasteiger partial charge in [0.15, 0.2) is 12.2 Å². The van der Waals surface area contributed by atoms with E-state index in [0.717, 1.165) is 225 Å². The minimum absolute atomic E-state index is 0.0572. The molecule has 3 N–H and O–H groups in total. The van der Waals surface area contributed by atoms with Crippen molar-refractivity contribution in [3.63, 3.8) is 0 Å². The van der Waals surface area contributed by atoms with Gasteiger partial charge >= 0.3 is 39.5 Å². The molecule has 17 nitrogen and oxygen atoms in total. The van der Waals surface area contributed by atoms with Gasteiger partial charge < -0.3 is 33.8 Å². The zero-order chi connectivity index (χ0) is 80.3. The first-order valence-corrected chi connectivity index (χ1v) is 45.4. The molecule has 0 fully saturated rings. The molecule has 0 amide bonds. The number of unbranched alkanes of at least 4 members (excludes halogenated alkanes) is 24. The summed E-state index contributed by atoms with van der Waals surface area (Å²) in [4.78, 5) is 73.3. The average Bonchev–Trinajstić information content (AvgIpc) is 0.906. The minimum atomic E-state index is -5.00. The van der Waals surface area contributed by atoms with E-state index < -0.39 is 97.5 Å². The van der Waals surface area contributed by atoms with Crippen LogP contribution in [0.3, 0.4) is 0 Å². The van der Waals surface area contributed by atoms with Crippen LogP contribution in [-0.4, -0.2) is 96.7 Å². The predicted octanol–water partition coefficient (Wildman–Crippen LogP) is 25.3. The van der Waals surface area contributed by atoms with Crippen molar-refractivity contribution >= 4 is 39.5 Å². The Balaban J connectivity index is 5.44. The second kappa shape index (κ2) is 81.4. The smallest absolute Gasteiger partial charge is 0.462 e. The molecule has 626 valence electrons. The van der Waals surface area contributed by atoms with Crippen LogP contribution in [0.2, 0.25) is 0 Å². The van der Waals surface area contributed by atoms with E-state index in [9.17, 15) is 43.2 Å². The number of esters is 4. The molecule has 0 spiro atoms. The summed E-state index contributed by atoms with van der Waals surface area (Å²) in [6.07, 6.45) is 97.4. The second-order valence-corrected chi connectivity index (χ2v) is 30.5. The highest BCUT2D eigenvalue weighted by Gasteiger charge is 2.30. The van der Waals surface area contributed by atoms with Crippen molar-refractivity contribution in [3.8, 4) is 0 Å². The number of carbonyl (C=O) groups excluding carboxylic acids is 4. The number of hydrogen-bond donors (Lipinski definition) is 3. The monoisotopic (exact) mass is 1580 g/mol. The van der Waals surface area contributed by atoms with E-state index in [-0.39, 0.29) is 25.7 Å². The van der Waals surface area contributed by atoms with Crippen molar-refractivity contribution < 1.29 is 80.2 Å². The molecule has 0 aliphatic heterocycles. The molecule has 110 heavy (non-hydrogen) atoms. The highest BCUT2D eigenvalue weighted by molar-refractivity contribution is 7.47. The van der Waals surface area contributed by atoms with E-state index in [1.54, 1.807) is 0 Å². The molecule has 5 unspecified atom stereocenters. The van der Waals surface area contributed by atoms with Gasteiger partial charge in [-0.3, -0.25) is 37.3 Å². The van der Waals surface area contributed by atoms with Crippen molar-refractivity contribution in [1.29, 1.82) is 0 Å². The van der Waals surface area contributed by atoms with Gasteiger partial charge in [-0.15, -0.1) is 0 Å². The first kappa shape index (κ1) is 104. The van der Waals surface area contributed by atoms with Crippen LogP contribution >= 0.6 is 15.6 Å². The van der Waals surface area contributed by atoms with Crippen LogP contribution < -0.4 is 0 Å². The Morgan fingerprint density at radius 2 is 0.473 bits per heavy atom. The third kappa shape index (κ3) is 80.5. The summed E-state index contributed by atoms with van der Waals surface area (Å²) in [5.74, 6) is -2.25. The first-order valence-electron chi connectivity index (χ1n) is 42.4. The van der Waals surface area contributed by atoms with Crippen LogP contribution in [-0.2, 0) is 65.4 Å². The lowest BCUT2D eigenvalue weighted by molar-refractivity contribution is -0.161. The quantitative estimate of drug-likeness (QED) is 0.0169. The van der Waals surface area contributed by atoms with Crippen LogP contribution in [0.1, 0.15) is 323 Å². The van der Waals surface area contributed by atoms with Gasteiger partial charge in [0, 0.05) is 25.7 Å². The lowest BCUT2D eigenvalue weighted by atomic mass is 10.1. The van der Waals surface area contributed by atoms with E-state index in [0.29, 0.717) is 25.7 Å². The van der Waals surface area contributed by atoms with Gasteiger partial charge in [0.25, 0.3) is 0 Å². The minimum Gasteiger partial charge on any atom is -0.462 e. The number of aliphatic hydroxyl groups is 1. The maximum Gasteiger partial charge on any atom is 0.472 e. The first-order chi connectivity index (χ1) is 53.7. The summed E-state index contributed by atoms with van der Waals surface area (Å²) in [5.41, 5.74) is 0. The molecular weight excluding hydrogens is 1430 g/mol. The molecule has 0 bridgehead atoms. The maximum atomic E-state index is 13.1. The van der Waals surface area contributed by atoms with Crippen LogP contribution in [0, 0.1) is 0 Å². The lowest BCUT2D eigenvalue weighted by Crippen LogP contribution is -2.30. The van der Waals surface area contributed by atoms with Gasteiger partial charge in [0.1, 0.15) is 19.3 Å². The Hall–Kier alpha value is -5.58. The van der Waals surface area contributed by atoms with Crippen molar-refractivity contribution in [1.82, 2.24) is 0 Å². The summed E-state index contributed by atoms with van der Waals surface area (Å²) in [6, 6.07) is 0. The summed E-state index contributed by atoms with van der Waals surface area (Å²) in [6.45, 7) is 4.45. The van der Waals surface area contributed by atoms with Crippen molar-refractivity contribution in [2.75, 3.05) is 39.6 Å². The molecule has 0 saturated carbocycles.